The van der Waals surface area contributed by atoms with Crippen molar-refractivity contribution in [1.82, 2.24) is 10.0 Å². The molecular formula is C20H26N2O3S. The minimum Gasteiger partial charge on any atom is -0.352 e. The van der Waals surface area contributed by atoms with Gasteiger partial charge in [-0.25, -0.2) is 8.42 Å². The Morgan fingerprint density at radius 1 is 1.04 bits per heavy atom. The van der Waals surface area contributed by atoms with Gasteiger partial charge in [-0.1, -0.05) is 55.0 Å². The molecule has 5 nitrogen and oxygen atoms in total. The van der Waals surface area contributed by atoms with Crippen molar-refractivity contribution >= 4 is 15.9 Å². The summed E-state index contributed by atoms with van der Waals surface area (Å²) in [6.45, 7) is 5.75. The molecule has 1 amide bonds. The molecule has 2 rings (SSSR count). The van der Waals surface area contributed by atoms with E-state index in [0.717, 1.165) is 17.5 Å². The molecule has 0 heterocycles. The molecular weight excluding hydrogens is 348 g/mol. The Hall–Kier alpha value is -2.18. The topological polar surface area (TPSA) is 75.3 Å². The summed E-state index contributed by atoms with van der Waals surface area (Å²) < 4.78 is 28.0. The lowest BCUT2D eigenvalue weighted by Gasteiger charge is -2.21. The Kier molecular flexibility index (Phi) is 6.94. The highest BCUT2D eigenvalue weighted by Crippen LogP contribution is 2.12. The minimum atomic E-state index is -3.79. The lowest BCUT2D eigenvalue weighted by molar-refractivity contribution is -0.123. The van der Waals surface area contributed by atoms with Gasteiger partial charge in [-0.3, -0.25) is 4.79 Å². The summed E-state index contributed by atoms with van der Waals surface area (Å²) >= 11 is 0. The van der Waals surface area contributed by atoms with Gasteiger partial charge in [-0.15, -0.1) is 0 Å². The van der Waals surface area contributed by atoms with Crippen molar-refractivity contribution in [3.8, 4) is 0 Å². The summed E-state index contributed by atoms with van der Waals surface area (Å²) in [6, 6.07) is 15.0. The Morgan fingerprint density at radius 3 is 2.23 bits per heavy atom. The highest BCUT2D eigenvalue weighted by molar-refractivity contribution is 7.89. The third kappa shape index (κ3) is 5.68. The quantitative estimate of drug-likeness (QED) is 0.746. The Balaban J connectivity index is 2.24. The molecule has 0 aliphatic heterocycles. The van der Waals surface area contributed by atoms with Crippen LogP contribution in [-0.2, 0) is 21.2 Å². The van der Waals surface area contributed by atoms with Gasteiger partial charge < -0.3 is 5.32 Å². The van der Waals surface area contributed by atoms with Crippen LogP contribution in [0.2, 0.25) is 0 Å². The number of aryl methyl sites for hydroxylation is 1. The zero-order valence-electron chi connectivity index (χ0n) is 15.4. The summed E-state index contributed by atoms with van der Waals surface area (Å²) in [5, 5.41) is 2.87. The molecule has 2 aromatic rings. The van der Waals surface area contributed by atoms with Gasteiger partial charge in [-0.05, 0) is 44.4 Å². The van der Waals surface area contributed by atoms with Gasteiger partial charge >= 0.3 is 0 Å². The van der Waals surface area contributed by atoms with Crippen LogP contribution in [0.1, 0.15) is 31.4 Å². The molecule has 0 spiro atoms. The van der Waals surface area contributed by atoms with Crippen molar-refractivity contribution in [1.29, 1.82) is 0 Å². The molecule has 2 aromatic carbocycles. The summed E-state index contributed by atoms with van der Waals surface area (Å²) in [7, 11) is -3.79. The van der Waals surface area contributed by atoms with Crippen molar-refractivity contribution in [2.45, 2.75) is 50.6 Å². The van der Waals surface area contributed by atoms with Crippen LogP contribution in [0.3, 0.4) is 0 Å². The molecule has 6 heteroatoms. The van der Waals surface area contributed by atoms with E-state index in [4.69, 9.17) is 0 Å². The van der Waals surface area contributed by atoms with Crippen LogP contribution in [0.5, 0.6) is 0 Å². The number of rotatable bonds is 8. The largest absolute Gasteiger partial charge is 0.352 e. The summed E-state index contributed by atoms with van der Waals surface area (Å²) in [6.07, 6.45) is 1.06. The van der Waals surface area contributed by atoms with E-state index in [1.54, 1.807) is 24.3 Å². The minimum absolute atomic E-state index is 0.0235. The first-order valence-corrected chi connectivity index (χ1v) is 10.2. The number of benzene rings is 2. The van der Waals surface area contributed by atoms with Gasteiger partial charge in [-0.2, -0.15) is 4.72 Å². The Morgan fingerprint density at radius 2 is 1.65 bits per heavy atom. The molecule has 0 unspecified atom stereocenters. The van der Waals surface area contributed by atoms with Crippen molar-refractivity contribution in [2.75, 3.05) is 0 Å². The van der Waals surface area contributed by atoms with Crippen LogP contribution >= 0.6 is 0 Å². The maximum absolute atomic E-state index is 12.7. The Bertz CT molecular complexity index is 818. The summed E-state index contributed by atoms with van der Waals surface area (Å²) in [4.78, 5) is 12.8. The number of hydrogen-bond acceptors (Lipinski definition) is 3. The normalized spacial score (nSPS) is 13.8. The van der Waals surface area contributed by atoms with Crippen molar-refractivity contribution in [3.63, 3.8) is 0 Å². The van der Waals surface area contributed by atoms with Crippen LogP contribution < -0.4 is 10.0 Å². The molecule has 140 valence electrons. The van der Waals surface area contributed by atoms with E-state index in [-0.39, 0.29) is 23.3 Å². The average molecular weight is 375 g/mol. The Labute approximate surface area is 155 Å². The molecule has 2 N–H and O–H groups in total. The summed E-state index contributed by atoms with van der Waals surface area (Å²) in [5.41, 5.74) is 1.86. The number of carbonyl (C=O) groups excluding carboxylic acids is 1. The zero-order valence-corrected chi connectivity index (χ0v) is 16.2. The number of sulfonamides is 1. The van der Waals surface area contributed by atoms with Crippen LogP contribution in [0.25, 0.3) is 0 Å². The van der Waals surface area contributed by atoms with E-state index < -0.39 is 16.1 Å². The van der Waals surface area contributed by atoms with E-state index >= 15 is 0 Å². The van der Waals surface area contributed by atoms with E-state index in [0.29, 0.717) is 0 Å². The third-order valence-corrected chi connectivity index (χ3v) is 5.72. The molecule has 0 aromatic heterocycles. The zero-order chi connectivity index (χ0) is 19.2. The fourth-order valence-electron chi connectivity index (χ4n) is 2.46. The average Bonchev–Trinajstić information content (AvgIpc) is 2.62. The van der Waals surface area contributed by atoms with E-state index in [9.17, 15) is 13.2 Å². The lowest BCUT2D eigenvalue weighted by Crippen LogP contribution is -2.50. The first kappa shape index (κ1) is 20.1. The van der Waals surface area contributed by atoms with Crippen LogP contribution in [0, 0.1) is 6.92 Å². The number of hydrogen-bond donors (Lipinski definition) is 2. The fraction of sp³-hybridized carbons (Fsp3) is 0.350. The third-order valence-electron chi connectivity index (χ3n) is 4.23. The molecule has 26 heavy (non-hydrogen) atoms. The summed E-state index contributed by atoms with van der Waals surface area (Å²) in [5.74, 6) is -0.320. The molecule has 0 aliphatic rings. The second kappa shape index (κ2) is 8.96. The van der Waals surface area contributed by atoms with Crippen LogP contribution in [0.4, 0.5) is 0 Å². The van der Waals surface area contributed by atoms with Crippen molar-refractivity contribution < 1.29 is 13.2 Å². The maximum atomic E-state index is 12.7. The molecule has 0 bridgehead atoms. The first-order chi connectivity index (χ1) is 12.3. The van der Waals surface area contributed by atoms with Gasteiger partial charge in [0.05, 0.1) is 4.90 Å². The van der Waals surface area contributed by atoms with Crippen molar-refractivity contribution in [2.24, 2.45) is 0 Å². The van der Waals surface area contributed by atoms with Gasteiger partial charge in [0.15, 0.2) is 0 Å². The molecule has 0 saturated heterocycles. The second-order valence-corrected chi connectivity index (χ2v) is 8.21. The SMILES string of the molecule is CC[C@@H](C)NC(=O)[C@H](Cc1ccccc1)NS(=O)(=O)c1ccc(C)cc1. The van der Waals surface area contributed by atoms with Gasteiger partial charge in [0.25, 0.3) is 0 Å². The smallest absolute Gasteiger partial charge is 0.241 e. The molecule has 0 aliphatic carbocycles. The van der Waals surface area contributed by atoms with Crippen LogP contribution in [0.15, 0.2) is 59.5 Å². The number of carbonyl (C=O) groups is 1. The standard InChI is InChI=1S/C20H26N2O3S/c1-4-16(3)21-20(23)19(14-17-8-6-5-7-9-17)22-26(24,25)18-12-10-15(2)11-13-18/h5-13,16,19,22H,4,14H2,1-3H3,(H,21,23)/t16-,19+/m1/s1. The van der Waals surface area contributed by atoms with Gasteiger partial charge in [0, 0.05) is 6.04 Å². The van der Waals surface area contributed by atoms with Crippen molar-refractivity contribution in [3.05, 3.63) is 65.7 Å². The van der Waals surface area contributed by atoms with E-state index in [1.165, 1.54) is 0 Å². The molecule has 0 radical (unpaired) electrons. The fourth-order valence-corrected chi connectivity index (χ4v) is 3.65. The highest BCUT2D eigenvalue weighted by atomic mass is 32.2. The monoisotopic (exact) mass is 374 g/mol. The maximum Gasteiger partial charge on any atom is 0.241 e. The van der Waals surface area contributed by atoms with Gasteiger partial charge in [0.1, 0.15) is 6.04 Å². The van der Waals surface area contributed by atoms with E-state index in [1.807, 2.05) is 51.1 Å². The first-order valence-electron chi connectivity index (χ1n) is 8.75. The van der Waals surface area contributed by atoms with E-state index in [2.05, 4.69) is 10.0 Å². The molecule has 2 atom stereocenters. The number of nitrogens with one attached hydrogen (secondary N) is 2. The predicted octanol–water partition coefficient (Wildman–Crippen LogP) is 2.80. The predicted molar refractivity (Wildman–Crippen MR) is 103 cm³/mol. The lowest BCUT2D eigenvalue weighted by atomic mass is 10.1. The highest BCUT2D eigenvalue weighted by Gasteiger charge is 2.26. The number of amides is 1. The van der Waals surface area contributed by atoms with Gasteiger partial charge in [0.2, 0.25) is 15.9 Å². The molecule has 0 saturated carbocycles. The van der Waals surface area contributed by atoms with Crippen LogP contribution in [-0.4, -0.2) is 26.4 Å². The molecule has 0 fully saturated rings. The second-order valence-electron chi connectivity index (χ2n) is 6.49.